The summed E-state index contributed by atoms with van der Waals surface area (Å²) >= 11 is 12.5. The standard InChI is InChI=1S/C27H24Cl2N4O4/c1-32(27(35)36)24-12-10-18(17-8-11-21(28)22(29)15-17)20-14-16(6-9-19(20)24)7-13-26(34)37-33-25-5-3-2-4-23(25)30-31-33/h2-6,8-9,11,14-15,18,24H,7,10,12-13H2,1H3,(H,35,36)/t18-,24-/m0/s1. The fraction of sp³-hybridized carbons (Fsp3) is 0.259. The first-order valence-corrected chi connectivity index (χ1v) is 12.6. The summed E-state index contributed by atoms with van der Waals surface area (Å²) in [6.07, 6.45) is 1.04. The zero-order valence-electron chi connectivity index (χ0n) is 20.0. The number of hydrogen-bond acceptors (Lipinski definition) is 5. The molecule has 190 valence electrons. The lowest BCUT2D eigenvalue weighted by Crippen LogP contribution is -2.33. The van der Waals surface area contributed by atoms with E-state index in [1.54, 1.807) is 25.2 Å². The predicted molar refractivity (Wildman–Crippen MR) is 140 cm³/mol. The minimum Gasteiger partial charge on any atom is -0.465 e. The van der Waals surface area contributed by atoms with Crippen LogP contribution < -0.4 is 4.84 Å². The van der Waals surface area contributed by atoms with Gasteiger partial charge in [0.1, 0.15) is 11.0 Å². The average molecular weight is 539 g/mol. The highest BCUT2D eigenvalue weighted by molar-refractivity contribution is 6.42. The molecule has 1 aliphatic carbocycles. The molecular weight excluding hydrogens is 515 g/mol. The number of carbonyl (C=O) groups excluding carboxylic acids is 1. The van der Waals surface area contributed by atoms with Gasteiger partial charge in [-0.2, -0.15) is 0 Å². The highest BCUT2D eigenvalue weighted by Crippen LogP contribution is 2.44. The van der Waals surface area contributed by atoms with Crippen molar-refractivity contribution in [1.82, 2.24) is 20.1 Å². The van der Waals surface area contributed by atoms with Crippen LogP contribution in [0.4, 0.5) is 4.79 Å². The average Bonchev–Trinajstić information content (AvgIpc) is 3.30. The number of para-hydroxylation sites is 1. The lowest BCUT2D eigenvalue weighted by Gasteiger charge is -2.36. The molecule has 0 unspecified atom stereocenters. The molecule has 10 heteroatoms. The first-order valence-electron chi connectivity index (χ1n) is 11.9. The second-order valence-electron chi connectivity index (χ2n) is 9.09. The monoisotopic (exact) mass is 538 g/mol. The van der Waals surface area contributed by atoms with Gasteiger partial charge in [-0.05, 0) is 71.0 Å². The molecule has 0 saturated carbocycles. The topological polar surface area (TPSA) is 97.6 Å². The largest absolute Gasteiger partial charge is 0.465 e. The van der Waals surface area contributed by atoms with Gasteiger partial charge >= 0.3 is 12.1 Å². The van der Waals surface area contributed by atoms with Crippen molar-refractivity contribution in [2.75, 3.05) is 7.05 Å². The maximum atomic E-state index is 12.6. The Morgan fingerprint density at radius 1 is 1.05 bits per heavy atom. The zero-order chi connectivity index (χ0) is 26.1. The van der Waals surface area contributed by atoms with Gasteiger partial charge < -0.3 is 14.8 Å². The maximum Gasteiger partial charge on any atom is 0.407 e. The molecule has 3 aromatic carbocycles. The minimum atomic E-state index is -0.976. The zero-order valence-corrected chi connectivity index (χ0v) is 21.5. The number of nitrogens with zero attached hydrogens (tertiary/aromatic N) is 4. The number of benzene rings is 3. The number of amides is 1. The van der Waals surface area contributed by atoms with Gasteiger partial charge in [0, 0.05) is 13.0 Å². The van der Waals surface area contributed by atoms with Crippen molar-refractivity contribution in [3.8, 4) is 0 Å². The van der Waals surface area contributed by atoms with Gasteiger partial charge in [0.05, 0.1) is 22.5 Å². The third-order valence-corrected chi connectivity index (χ3v) is 7.60. The van der Waals surface area contributed by atoms with E-state index in [9.17, 15) is 14.7 Å². The van der Waals surface area contributed by atoms with Crippen LogP contribution in [-0.2, 0) is 11.2 Å². The summed E-state index contributed by atoms with van der Waals surface area (Å²) in [5, 5.41) is 18.5. The Morgan fingerprint density at radius 2 is 1.86 bits per heavy atom. The van der Waals surface area contributed by atoms with Crippen LogP contribution in [0.25, 0.3) is 11.0 Å². The summed E-state index contributed by atoms with van der Waals surface area (Å²) in [4.78, 5) is 32.2. The Bertz CT molecular complexity index is 1490. The van der Waals surface area contributed by atoms with Gasteiger partial charge in [-0.3, -0.25) is 0 Å². The number of aromatic nitrogens is 3. The summed E-state index contributed by atoms with van der Waals surface area (Å²) in [6, 6.07) is 18.5. The summed E-state index contributed by atoms with van der Waals surface area (Å²) in [6.45, 7) is 0. The Kier molecular flexibility index (Phi) is 7.04. The molecule has 0 fully saturated rings. The lowest BCUT2D eigenvalue weighted by molar-refractivity contribution is -0.145. The van der Waals surface area contributed by atoms with Crippen LogP contribution in [0.2, 0.25) is 10.0 Å². The molecule has 1 aromatic heterocycles. The van der Waals surface area contributed by atoms with Gasteiger partial charge in [0.2, 0.25) is 0 Å². The molecule has 0 saturated heterocycles. The third kappa shape index (κ3) is 5.12. The maximum absolute atomic E-state index is 12.6. The fourth-order valence-electron chi connectivity index (χ4n) is 4.93. The second kappa shape index (κ2) is 10.4. The van der Waals surface area contributed by atoms with E-state index in [1.165, 1.54) is 4.90 Å². The van der Waals surface area contributed by atoms with Crippen molar-refractivity contribution in [2.45, 2.75) is 37.6 Å². The molecule has 1 heterocycles. The van der Waals surface area contributed by atoms with Gasteiger partial charge in [0.25, 0.3) is 0 Å². The molecule has 1 amide bonds. The number of aryl methyl sites for hydroxylation is 1. The highest BCUT2D eigenvalue weighted by Gasteiger charge is 2.32. The van der Waals surface area contributed by atoms with Gasteiger partial charge in [-0.1, -0.05) is 64.4 Å². The number of carbonyl (C=O) groups is 2. The molecular formula is C27H24Cl2N4O4. The van der Waals surface area contributed by atoms with E-state index >= 15 is 0 Å². The second-order valence-corrected chi connectivity index (χ2v) is 9.90. The van der Waals surface area contributed by atoms with Gasteiger partial charge in [0.15, 0.2) is 0 Å². The Hall–Kier alpha value is -3.62. The fourth-order valence-corrected chi connectivity index (χ4v) is 5.24. The lowest BCUT2D eigenvalue weighted by atomic mass is 9.75. The van der Waals surface area contributed by atoms with Gasteiger partial charge in [-0.15, -0.1) is 5.10 Å². The number of rotatable bonds is 6. The Morgan fingerprint density at radius 3 is 2.65 bits per heavy atom. The highest BCUT2D eigenvalue weighted by atomic mass is 35.5. The SMILES string of the molecule is CN(C(=O)O)[C@H]1CC[C@@H](c2ccc(Cl)c(Cl)c2)c2cc(CCC(=O)On3nnc4ccccc43)ccc21. The van der Waals surface area contributed by atoms with E-state index in [2.05, 4.69) is 16.4 Å². The van der Waals surface area contributed by atoms with Crippen LogP contribution in [0, 0.1) is 0 Å². The number of fused-ring (bicyclic) bond motifs is 2. The Labute approximate surface area is 223 Å². The number of carboxylic acid groups (broad SMARTS) is 1. The van der Waals surface area contributed by atoms with E-state index in [-0.39, 0.29) is 18.4 Å². The minimum absolute atomic E-state index is 0.0247. The molecule has 1 aliphatic rings. The van der Waals surface area contributed by atoms with E-state index in [1.807, 2.05) is 36.4 Å². The summed E-state index contributed by atoms with van der Waals surface area (Å²) in [7, 11) is 1.59. The van der Waals surface area contributed by atoms with Crippen LogP contribution in [0.5, 0.6) is 0 Å². The van der Waals surface area contributed by atoms with Crippen LogP contribution in [0.15, 0.2) is 60.7 Å². The predicted octanol–water partition coefficient (Wildman–Crippen LogP) is 5.90. The van der Waals surface area contributed by atoms with Crippen LogP contribution in [0.3, 0.4) is 0 Å². The number of halogens is 2. The summed E-state index contributed by atoms with van der Waals surface area (Å²) < 4.78 is 0. The smallest absolute Gasteiger partial charge is 0.407 e. The molecule has 8 nitrogen and oxygen atoms in total. The first kappa shape index (κ1) is 25.0. The van der Waals surface area contributed by atoms with E-state index in [0.29, 0.717) is 33.9 Å². The molecule has 0 aliphatic heterocycles. The molecule has 1 N–H and O–H groups in total. The van der Waals surface area contributed by atoms with E-state index in [0.717, 1.165) is 33.5 Å². The third-order valence-electron chi connectivity index (χ3n) is 6.86. The van der Waals surface area contributed by atoms with E-state index in [4.69, 9.17) is 28.0 Å². The van der Waals surface area contributed by atoms with E-state index < -0.39 is 12.1 Å². The molecule has 4 aromatic rings. The van der Waals surface area contributed by atoms with Crippen molar-refractivity contribution < 1.29 is 19.5 Å². The molecule has 5 rings (SSSR count). The van der Waals surface area contributed by atoms with Gasteiger partial charge in [-0.25, -0.2) is 9.59 Å². The summed E-state index contributed by atoms with van der Waals surface area (Å²) in [5.41, 5.74) is 5.19. The van der Waals surface area contributed by atoms with Crippen molar-refractivity contribution in [3.05, 3.63) is 93.0 Å². The Balaban J connectivity index is 1.39. The van der Waals surface area contributed by atoms with Crippen molar-refractivity contribution in [2.24, 2.45) is 0 Å². The van der Waals surface area contributed by atoms with Crippen LogP contribution >= 0.6 is 23.2 Å². The quantitative estimate of drug-likeness (QED) is 0.307. The molecule has 2 atom stereocenters. The van der Waals surface area contributed by atoms with Crippen molar-refractivity contribution >= 4 is 46.3 Å². The molecule has 37 heavy (non-hydrogen) atoms. The molecule has 0 radical (unpaired) electrons. The normalized spacial score (nSPS) is 16.8. The van der Waals surface area contributed by atoms with Crippen LogP contribution in [-0.4, -0.2) is 44.3 Å². The number of hydrogen-bond donors (Lipinski definition) is 1. The molecule has 0 bridgehead atoms. The van der Waals surface area contributed by atoms with Crippen LogP contribution in [0.1, 0.15) is 53.5 Å². The first-order chi connectivity index (χ1) is 17.8. The summed E-state index contributed by atoms with van der Waals surface area (Å²) in [5.74, 6) is -0.408. The molecule has 0 spiro atoms. The van der Waals surface area contributed by atoms with Crippen molar-refractivity contribution in [1.29, 1.82) is 0 Å². The van der Waals surface area contributed by atoms with Crippen molar-refractivity contribution in [3.63, 3.8) is 0 Å².